The van der Waals surface area contributed by atoms with Crippen molar-refractivity contribution in [2.75, 3.05) is 12.8 Å². The molecule has 0 saturated carbocycles. The number of nitrogens with zero attached hydrogens (tertiary/aromatic N) is 5. The number of sulfonamides is 1. The van der Waals surface area contributed by atoms with Crippen molar-refractivity contribution in [3.05, 3.63) is 35.9 Å². The van der Waals surface area contributed by atoms with Crippen LogP contribution in [0.15, 0.2) is 24.5 Å². The van der Waals surface area contributed by atoms with E-state index >= 15 is 0 Å². The van der Waals surface area contributed by atoms with Crippen LogP contribution < -0.4 is 5.32 Å². The zero-order valence-corrected chi connectivity index (χ0v) is 15.1. The van der Waals surface area contributed by atoms with Crippen molar-refractivity contribution >= 4 is 15.9 Å². The summed E-state index contributed by atoms with van der Waals surface area (Å²) in [6.07, 6.45) is 5.26. The van der Waals surface area contributed by atoms with E-state index in [2.05, 4.69) is 15.5 Å². The fourth-order valence-electron chi connectivity index (χ4n) is 2.92. The van der Waals surface area contributed by atoms with Gasteiger partial charge in [0, 0.05) is 18.9 Å². The Labute approximate surface area is 146 Å². The van der Waals surface area contributed by atoms with Gasteiger partial charge in [-0.3, -0.25) is 14.2 Å². The number of nitrogens with one attached hydrogen (secondary N) is 1. The number of hydrogen-bond acceptors (Lipinski definition) is 5. The van der Waals surface area contributed by atoms with Crippen LogP contribution in [0.1, 0.15) is 30.8 Å². The Morgan fingerprint density at radius 1 is 1.40 bits per heavy atom. The van der Waals surface area contributed by atoms with Gasteiger partial charge in [-0.05, 0) is 18.6 Å². The number of hydrogen-bond donors (Lipinski definition) is 1. The Bertz CT molecular complexity index is 843. The molecule has 0 unspecified atom stereocenters. The molecular weight excluding hydrogens is 344 g/mol. The van der Waals surface area contributed by atoms with Gasteiger partial charge in [0.1, 0.15) is 6.04 Å². The summed E-state index contributed by atoms with van der Waals surface area (Å²) in [5.41, 5.74) is 1.55. The van der Waals surface area contributed by atoms with Crippen LogP contribution in [0.5, 0.6) is 0 Å². The molecule has 9 nitrogen and oxygen atoms in total. The zero-order valence-electron chi connectivity index (χ0n) is 14.3. The minimum atomic E-state index is -3.21. The fraction of sp³-hybridized carbons (Fsp3) is 0.533. The second-order valence-electron chi connectivity index (χ2n) is 6.07. The van der Waals surface area contributed by atoms with E-state index in [-0.39, 0.29) is 11.9 Å². The molecule has 0 aromatic carbocycles. The zero-order chi connectivity index (χ0) is 18.0. The van der Waals surface area contributed by atoms with Crippen molar-refractivity contribution in [3.63, 3.8) is 0 Å². The van der Waals surface area contributed by atoms with Crippen LogP contribution in [0.25, 0.3) is 0 Å². The Morgan fingerprint density at radius 2 is 2.20 bits per heavy atom. The molecular formula is C15H22N6O3S. The molecule has 0 fully saturated rings. The monoisotopic (exact) mass is 366 g/mol. The summed E-state index contributed by atoms with van der Waals surface area (Å²) in [5.74, 6) is -0.116. The summed E-state index contributed by atoms with van der Waals surface area (Å²) < 4.78 is 28.2. The molecule has 0 aliphatic carbocycles. The van der Waals surface area contributed by atoms with Crippen LogP contribution >= 0.6 is 0 Å². The van der Waals surface area contributed by atoms with Crippen molar-refractivity contribution in [2.24, 2.45) is 0 Å². The smallest absolute Gasteiger partial charge is 0.245 e. The van der Waals surface area contributed by atoms with Crippen molar-refractivity contribution in [2.45, 2.75) is 39.0 Å². The highest BCUT2D eigenvalue weighted by Crippen LogP contribution is 2.16. The topological polar surface area (TPSA) is 102 Å². The van der Waals surface area contributed by atoms with Crippen molar-refractivity contribution < 1.29 is 13.2 Å². The fourth-order valence-corrected chi connectivity index (χ4v) is 3.70. The molecule has 0 saturated heterocycles. The number of rotatable bonds is 6. The molecule has 3 rings (SSSR count). The summed E-state index contributed by atoms with van der Waals surface area (Å²) in [5, 5.41) is 11.4. The summed E-state index contributed by atoms with van der Waals surface area (Å²) in [6, 6.07) is 3.27. The lowest BCUT2D eigenvalue weighted by Crippen LogP contribution is -2.37. The maximum Gasteiger partial charge on any atom is 0.245 e. The van der Waals surface area contributed by atoms with Gasteiger partial charge < -0.3 is 5.32 Å². The van der Waals surface area contributed by atoms with Gasteiger partial charge in [-0.15, -0.1) is 0 Å². The van der Waals surface area contributed by atoms with Crippen molar-refractivity contribution in [1.82, 2.24) is 29.2 Å². The molecule has 1 atom stereocenters. The third kappa shape index (κ3) is 3.90. The molecule has 10 heteroatoms. The predicted octanol–water partition coefficient (Wildman–Crippen LogP) is 0.122. The molecule has 0 bridgehead atoms. The largest absolute Gasteiger partial charge is 0.349 e. The van der Waals surface area contributed by atoms with Crippen molar-refractivity contribution in [1.29, 1.82) is 0 Å². The Hall–Kier alpha value is -2.20. The molecule has 1 amide bonds. The van der Waals surface area contributed by atoms with E-state index < -0.39 is 10.0 Å². The molecule has 2 aromatic heterocycles. The standard InChI is InChI=1S/C15H22N6O3S/c1-3-14(21-6-4-5-17-21)15(22)16-10-12-9-13-11-19(25(2,23)24)7-8-20(13)18-12/h4-6,9,14H,3,7-8,10-11H2,1-2H3,(H,16,22)/t14-/m0/s1. The maximum absolute atomic E-state index is 12.4. The van der Waals surface area contributed by atoms with Crippen LogP contribution in [-0.2, 0) is 34.5 Å². The number of aromatic nitrogens is 4. The summed E-state index contributed by atoms with van der Waals surface area (Å²) in [7, 11) is -3.21. The third-order valence-corrected chi connectivity index (χ3v) is 5.51. The highest BCUT2D eigenvalue weighted by molar-refractivity contribution is 7.88. The van der Waals surface area contributed by atoms with E-state index in [1.807, 2.05) is 13.0 Å². The summed E-state index contributed by atoms with van der Waals surface area (Å²) in [4.78, 5) is 12.4. The molecule has 2 aromatic rings. The quantitative estimate of drug-likeness (QED) is 0.782. The SMILES string of the molecule is CC[C@@H](C(=O)NCc1cc2n(n1)CCN(S(C)(=O)=O)C2)n1cccn1. The molecule has 0 spiro atoms. The number of carbonyl (C=O) groups is 1. The molecule has 136 valence electrons. The summed E-state index contributed by atoms with van der Waals surface area (Å²) in [6.45, 7) is 3.47. The molecule has 25 heavy (non-hydrogen) atoms. The normalized spacial score (nSPS) is 16.4. The number of amides is 1. The lowest BCUT2D eigenvalue weighted by atomic mass is 10.2. The van der Waals surface area contributed by atoms with Gasteiger partial charge in [-0.1, -0.05) is 6.92 Å². The van der Waals surface area contributed by atoms with Crippen LogP contribution in [0.4, 0.5) is 0 Å². The second kappa shape index (κ2) is 6.96. The Morgan fingerprint density at radius 3 is 2.84 bits per heavy atom. The van der Waals surface area contributed by atoms with Gasteiger partial charge in [-0.2, -0.15) is 14.5 Å². The average Bonchev–Trinajstić information content (AvgIpc) is 3.21. The Kier molecular flexibility index (Phi) is 4.91. The van der Waals surface area contributed by atoms with Crippen LogP contribution in [0, 0.1) is 0 Å². The van der Waals surface area contributed by atoms with Gasteiger partial charge in [-0.25, -0.2) is 8.42 Å². The molecule has 3 heterocycles. The van der Waals surface area contributed by atoms with E-state index in [0.717, 1.165) is 5.69 Å². The van der Waals surface area contributed by atoms with E-state index in [1.54, 1.807) is 27.8 Å². The number of fused-ring (bicyclic) bond motifs is 1. The van der Waals surface area contributed by atoms with Gasteiger partial charge in [0.15, 0.2) is 0 Å². The second-order valence-corrected chi connectivity index (χ2v) is 8.06. The molecule has 1 N–H and O–H groups in total. The average molecular weight is 366 g/mol. The van der Waals surface area contributed by atoms with Crippen LogP contribution in [-0.4, -0.2) is 51.0 Å². The van der Waals surface area contributed by atoms with Crippen molar-refractivity contribution in [3.8, 4) is 0 Å². The van der Waals surface area contributed by atoms with Gasteiger partial charge in [0.05, 0.1) is 37.3 Å². The summed E-state index contributed by atoms with van der Waals surface area (Å²) >= 11 is 0. The lowest BCUT2D eigenvalue weighted by Gasteiger charge is -2.25. The highest BCUT2D eigenvalue weighted by atomic mass is 32.2. The van der Waals surface area contributed by atoms with Crippen LogP contribution in [0.2, 0.25) is 0 Å². The molecule has 0 radical (unpaired) electrons. The Balaban J connectivity index is 1.63. The third-order valence-electron chi connectivity index (χ3n) is 4.26. The van der Waals surface area contributed by atoms with Crippen LogP contribution in [0.3, 0.4) is 0 Å². The first-order valence-electron chi connectivity index (χ1n) is 8.16. The lowest BCUT2D eigenvalue weighted by molar-refractivity contribution is -0.124. The van der Waals surface area contributed by atoms with Gasteiger partial charge in [0.2, 0.25) is 15.9 Å². The highest BCUT2D eigenvalue weighted by Gasteiger charge is 2.25. The molecule has 1 aliphatic rings. The maximum atomic E-state index is 12.4. The van der Waals surface area contributed by atoms with Gasteiger partial charge >= 0.3 is 0 Å². The minimum Gasteiger partial charge on any atom is -0.349 e. The predicted molar refractivity (Wildman–Crippen MR) is 90.9 cm³/mol. The first-order valence-corrected chi connectivity index (χ1v) is 10.0. The van der Waals surface area contributed by atoms with E-state index in [4.69, 9.17) is 0 Å². The van der Waals surface area contributed by atoms with E-state index in [0.29, 0.717) is 38.3 Å². The van der Waals surface area contributed by atoms with Gasteiger partial charge in [0.25, 0.3) is 0 Å². The van der Waals surface area contributed by atoms with E-state index in [1.165, 1.54) is 10.6 Å². The molecule has 1 aliphatic heterocycles. The van der Waals surface area contributed by atoms with E-state index in [9.17, 15) is 13.2 Å². The first kappa shape index (κ1) is 17.6. The first-order chi connectivity index (χ1) is 11.9. The number of carbonyl (C=O) groups excluding carboxylic acids is 1. The minimum absolute atomic E-state index is 0.116.